The summed E-state index contributed by atoms with van der Waals surface area (Å²) in [5, 5.41) is 0.694. The first-order valence-corrected chi connectivity index (χ1v) is 9.12. The Balaban J connectivity index is 2.00. The van der Waals surface area contributed by atoms with Crippen LogP contribution in [0.4, 0.5) is 0 Å². The lowest BCUT2D eigenvalue weighted by atomic mass is 10.0. The zero-order valence-electron chi connectivity index (χ0n) is 10.7. The Morgan fingerprint density at radius 3 is 2.29 bits per heavy atom. The molecule has 2 aromatic rings. The van der Waals surface area contributed by atoms with Crippen LogP contribution in [0.15, 0.2) is 39.3 Å². The summed E-state index contributed by atoms with van der Waals surface area (Å²) in [5.41, 5.74) is 2.18. The van der Waals surface area contributed by atoms with E-state index in [-0.39, 0.29) is 4.83 Å². The van der Waals surface area contributed by atoms with Crippen molar-refractivity contribution in [2.45, 2.75) is 4.83 Å². The fourth-order valence-corrected chi connectivity index (χ4v) is 4.16. The van der Waals surface area contributed by atoms with Crippen LogP contribution in [0.2, 0.25) is 5.02 Å². The molecule has 0 aliphatic carbocycles. The van der Waals surface area contributed by atoms with Crippen LogP contribution in [0.5, 0.6) is 11.5 Å². The average molecular weight is 497 g/mol. The van der Waals surface area contributed by atoms with Crippen LogP contribution in [0, 0.1) is 0 Å². The fourth-order valence-electron chi connectivity index (χ4n) is 2.12. The lowest BCUT2D eigenvalue weighted by Crippen LogP contribution is -2.15. The second-order valence-electron chi connectivity index (χ2n) is 4.55. The highest BCUT2D eigenvalue weighted by atomic mass is 79.9. The third-order valence-corrected chi connectivity index (χ3v) is 6.09. The molecule has 0 bridgehead atoms. The Morgan fingerprint density at radius 1 is 0.952 bits per heavy atom. The Kier molecular flexibility index (Phi) is 4.84. The van der Waals surface area contributed by atoms with E-state index in [4.69, 9.17) is 21.1 Å². The summed E-state index contributed by atoms with van der Waals surface area (Å²) in [7, 11) is 0. The largest absolute Gasteiger partial charge is 0.486 e. The van der Waals surface area contributed by atoms with E-state index in [0.717, 1.165) is 31.6 Å². The predicted octanol–water partition coefficient (Wildman–Crippen LogP) is 6.12. The quantitative estimate of drug-likeness (QED) is 0.466. The van der Waals surface area contributed by atoms with Crippen LogP contribution in [-0.4, -0.2) is 13.2 Å². The monoisotopic (exact) mass is 494 g/mol. The number of ether oxygens (including phenoxy) is 2. The molecule has 0 spiro atoms. The fraction of sp³-hybridized carbons (Fsp3) is 0.200. The van der Waals surface area contributed by atoms with Crippen LogP contribution in [0.25, 0.3) is 0 Å². The minimum absolute atomic E-state index is 0.0243. The summed E-state index contributed by atoms with van der Waals surface area (Å²) >= 11 is 16.8. The Bertz CT molecular complexity index is 691. The van der Waals surface area contributed by atoms with Crippen molar-refractivity contribution < 1.29 is 9.47 Å². The van der Waals surface area contributed by atoms with E-state index >= 15 is 0 Å². The van der Waals surface area contributed by atoms with E-state index in [9.17, 15) is 0 Å². The van der Waals surface area contributed by atoms with Gasteiger partial charge in [-0.05, 0) is 51.3 Å². The molecule has 21 heavy (non-hydrogen) atoms. The highest BCUT2D eigenvalue weighted by Crippen LogP contribution is 2.43. The van der Waals surface area contributed by atoms with Gasteiger partial charge in [-0.15, -0.1) is 0 Å². The number of halogens is 4. The number of fused-ring (bicyclic) bond motifs is 1. The number of hydrogen-bond donors (Lipinski definition) is 0. The van der Waals surface area contributed by atoms with Gasteiger partial charge in [-0.2, -0.15) is 0 Å². The summed E-state index contributed by atoms with van der Waals surface area (Å²) < 4.78 is 13.1. The van der Waals surface area contributed by atoms with E-state index < -0.39 is 0 Å². The summed E-state index contributed by atoms with van der Waals surface area (Å²) in [6, 6.07) is 9.82. The maximum atomic E-state index is 6.05. The van der Waals surface area contributed by atoms with Gasteiger partial charge in [-0.3, -0.25) is 0 Å². The van der Waals surface area contributed by atoms with Crippen LogP contribution < -0.4 is 9.47 Å². The summed E-state index contributed by atoms with van der Waals surface area (Å²) in [6.45, 7) is 1.16. The standard InChI is InChI=1S/C15H10Br3ClO2/c16-10-7-14-13(20-3-4-21-14)6-9(10)15(18)8-1-2-12(19)11(17)5-8/h1-2,5-7,15H,3-4H2. The van der Waals surface area contributed by atoms with E-state index in [1.807, 2.05) is 30.3 Å². The van der Waals surface area contributed by atoms with Crippen molar-refractivity contribution >= 4 is 59.4 Å². The molecule has 1 aliphatic rings. The van der Waals surface area contributed by atoms with Crippen molar-refractivity contribution in [3.8, 4) is 11.5 Å². The van der Waals surface area contributed by atoms with Crippen molar-refractivity contribution in [1.82, 2.24) is 0 Å². The molecule has 0 radical (unpaired) electrons. The Hall–Kier alpha value is -0.230. The first-order chi connectivity index (χ1) is 10.1. The SMILES string of the molecule is Clc1ccc(C(Br)c2cc3c(cc2Br)OCCO3)cc1Br. The molecule has 1 aliphatic heterocycles. The van der Waals surface area contributed by atoms with Crippen LogP contribution in [0.3, 0.4) is 0 Å². The van der Waals surface area contributed by atoms with Crippen molar-refractivity contribution in [3.05, 3.63) is 55.4 Å². The molecule has 1 heterocycles. The second kappa shape index (κ2) is 6.49. The van der Waals surface area contributed by atoms with Crippen LogP contribution in [-0.2, 0) is 0 Å². The van der Waals surface area contributed by atoms with Gasteiger partial charge in [-0.25, -0.2) is 0 Å². The summed E-state index contributed by atoms with van der Waals surface area (Å²) in [6.07, 6.45) is 0. The van der Waals surface area contributed by atoms with Crippen molar-refractivity contribution in [1.29, 1.82) is 0 Å². The van der Waals surface area contributed by atoms with Crippen LogP contribution in [0.1, 0.15) is 16.0 Å². The molecular formula is C15H10Br3ClO2. The molecule has 1 unspecified atom stereocenters. The maximum absolute atomic E-state index is 6.05. The molecule has 110 valence electrons. The first kappa shape index (κ1) is 15.7. The molecule has 6 heteroatoms. The zero-order chi connectivity index (χ0) is 15.0. The van der Waals surface area contributed by atoms with Gasteiger partial charge < -0.3 is 9.47 Å². The highest BCUT2D eigenvalue weighted by Gasteiger charge is 2.20. The average Bonchev–Trinajstić information content (AvgIpc) is 2.48. The number of benzene rings is 2. The maximum Gasteiger partial charge on any atom is 0.162 e. The van der Waals surface area contributed by atoms with Gasteiger partial charge in [-0.1, -0.05) is 49.5 Å². The highest BCUT2D eigenvalue weighted by molar-refractivity contribution is 9.11. The molecule has 3 rings (SSSR count). The second-order valence-corrected chi connectivity index (χ2v) is 7.59. The molecule has 0 fully saturated rings. The molecule has 0 saturated carbocycles. The number of rotatable bonds is 2. The topological polar surface area (TPSA) is 18.5 Å². The lowest BCUT2D eigenvalue weighted by molar-refractivity contribution is 0.171. The van der Waals surface area contributed by atoms with E-state index in [0.29, 0.717) is 18.2 Å². The van der Waals surface area contributed by atoms with E-state index in [1.165, 1.54) is 0 Å². The predicted molar refractivity (Wildman–Crippen MR) is 95.1 cm³/mol. The van der Waals surface area contributed by atoms with E-state index in [1.54, 1.807) is 0 Å². The van der Waals surface area contributed by atoms with Gasteiger partial charge in [0.25, 0.3) is 0 Å². The molecule has 0 N–H and O–H groups in total. The lowest BCUT2D eigenvalue weighted by Gasteiger charge is -2.21. The molecule has 0 aromatic heterocycles. The van der Waals surface area contributed by atoms with Gasteiger partial charge in [0, 0.05) is 8.95 Å². The Morgan fingerprint density at radius 2 is 1.62 bits per heavy atom. The molecule has 0 amide bonds. The van der Waals surface area contributed by atoms with Gasteiger partial charge >= 0.3 is 0 Å². The normalized spacial score (nSPS) is 14.9. The minimum atomic E-state index is 0.0243. The molecular weight excluding hydrogens is 487 g/mol. The number of hydrogen-bond acceptors (Lipinski definition) is 2. The minimum Gasteiger partial charge on any atom is -0.486 e. The summed E-state index contributed by atoms with van der Waals surface area (Å²) in [5.74, 6) is 1.55. The third kappa shape index (κ3) is 3.26. The number of alkyl halides is 1. The smallest absolute Gasteiger partial charge is 0.162 e. The molecule has 2 nitrogen and oxygen atoms in total. The van der Waals surface area contributed by atoms with Crippen molar-refractivity contribution in [2.75, 3.05) is 13.2 Å². The molecule has 1 atom stereocenters. The molecule has 0 saturated heterocycles. The Labute approximate surface area is 153 Å². The zero-order valence-corrected chi connectivity index (χ0v) is 16.2. The van der Waals surface area contributed by atoms with Gasteiger partial charge in [0.1, 0.15) is 13.2 Å². The van der Waals surface area contributed by atoms with Crippen molar-refractivity contribution in [2.24, 2.45) is 0 Å². The van der Waals surface area contributed by atoms with E-state index in [2.05, 4.69) is 47.8 Å². The summed E-state index contributed by atoms with van der Waals surface area (Å²) in [4.78, 5) is 0.0243. The van der Waals surface area contributed by atoms with Gasteiger partial charge in [0.2, 0.25) is 0 Å². The van der Waals surface area contributed by atoms with Crippen LogP contribution >= 0.6 is 59.4 Å². The van der Waals surface area contributed by atoms with Gasteiger partial charge in [0.05, 0.1) is 9.85 Å². The molecule has 2 aromatic carbocycles. The van der Waals surface area contributed by atoms with Gasteiger partial charge in [0.15, 0.2) is 11.5 Å². The first-order valence-electron chi connectivity index (χ1n) is 6.24. The van der Waals surface area contributed by atoms with Crippen molar-refractivity contribution in [3.63, 3.8) is 0 Å². The third-order valence-electron chi connectivity index (χ3n) is 3.17.